The lowest BCUT2D eigenvalue weighted by atomic mass is 9.89. The summed E-state index contributed by atoms with van der Waals surface area (Å²) in [4.78, 5) is 20.9. The molecule has 4 heterocycles. The van der Waals surface area contributed by atoms with Gasteiger partial charge in [-0.15, -0.1) is 0 Å². The zero-order valence-corrected chi connectivity index (χ0v) is 35.2. The van der Waals surface area contributed by atoms with Crippen molar-refractivity contribution in [2.75, 3.05) is 0 Å². The number of hydrogen-bond donors (Lipinski definition) is 0. The first kappa shape index (κ1) is 36.5. The molecule has 0 radical (unpaired) electrons. The van der Waals surface area contributed by atoms with Crippen molar-refractivity contribution in [2.24, 2.45) is 0 Å². The van der Waals surface area contributed by atoms with Gasteiger partial charge in [-0.05, 0) is 51.9 Å². The van der Waals surface area contributed by atoms with Crippen molar-refractivity contribution in [3.8, 4) is 56.5 Å². The smallest absolute Gasteiger partial charge is 0.164 e. The van der Waals surface area contributed by atoms with Crippen molar-refractivity contribution in [1.29, 1.82) is 0 Å². The zero-order valence-electron chi connectivity index (χ0n) is 35.2. The van der Waals surface area contributed by atoms with Crippen LogP contribution in [0.2, 0.25) is 0 Å². The quantitative estimate of drug-likeness (QED) is 0.161. The van der Waals surface area contributed by atoms with E-state index in [-0.39, 0.29) is 0 Å². The molecule has 0 aliphatic carbocycles. The van der Waals surface area contributed by atoms with Crippen LogP contribution < -0.4 is 0 Å². The molecule has 10 aromatic carbocycles. The van der Waals surface area contributed by atoms with E-state index in [0.29, 0.717) is 17.5 Å². The maximum absolute atomic E-state index is 6.76. The fourth-order valence-electron chi connectivity index (χ4n) is 10.1. The highest BCUT2D eigenvalue weighted by Gasteiger charge is 2.25. The average molecular weight is 843 g/mol. The molecule has 0 saturated carbocycles. The Labute approximate surface area is 377 Å². The first-order chi connectivity index (χ1) is 32.7. The summed E-state index contributed by atoms with van der Waals surface area (Å²) in [5.74, 6) is 1.82. The minimum Gasteiger partial charge on any atom is -0.456 e. The molecule has 0 spiro atoms. The Balaban J connectivity index is 0.999. The molecule has 6 heteroatoms. The Bertz CT molecular complexity index is 4290. The molecular formula is C60H34N4O2. The average Bonchev–Trinajstić information content (AvgIpc) is 3.96. The monoisotopic (exact) mass is 842 g/mol. The van der Waals surface area contributed by atoms with Crippen LogP contribution in [0.5, 0.6) is 0 Å². The summed E-state index contributed by atoms with van der Waals surface area (Å²) >= 11 is 0. The van der Waals surface area contributed by atoms with E-state index in [1.165, 1.54) is 5.39 Å². The predicted octanol–water partition coefficient (Wildman–Crippen LogP) is 16.0. The van der Waals surface area contributed by atoms with E-state index in [9.17, 15) is 0 Å². The molecule has 0 N–H and O–H groups in total. The highest BCUT2D eigenvalue weighted by atomic mass is 16.3. The van der Waals surface area contributed by atoms with Crippen LogP contribution in [0.3, 0.4) is 0 Å². The van der Waals surface area contributed by atoms with Gasteiger partial charge in [-0.1, -0.05) is 176 Å². The van der Waals surface area contributed by atoms with Crippen LogP contribution in [0, 0.1) is 0 Å². The summed E-state index contributed by atoms with van der Waals surface area (Å²) in [6.45, 7) is 0. The van der Waals surface area contributed by atoms with E-state index in [1.807, 2.05) is 54.6 Å². The Hall–Kier alpha value is -9.00. The van der Waals surface area contributed by atoms with Crippen LogP contribution in [0.15, 0.2) is 215 Å². The number of aromatic nitrogens is 4. The van der Waals surface area contributed by atoms with E-state index in [2.05, 4.69) is 152 Å². The standard InChI is InChI=1S/C60H34N4O2/c1-2-15-36(16-3-1)58-62-59(64-60(63-58)47-33-38-17-4-5-18-39(38)40-19-6-7-20-41(40)47)37-31-29-35(30-32-37)56-48-34-52-54(45-23-10-13-28-51(45)65-52)55(53(48)44-22-8-11-26-49(44)61-56)46-25-14-24-43-42-21-9-12-27-50(42)66-57(43)46/h1-34H. The van der Waals surface area contributed by atoms with Gasteiger partial charge in [0.15, 0.2) is 17.5 Å². The minimum absolute atomic E-state index is 0.587. The van der Waals surface area contributed by atoms with Crippen molar-refractivity contribution >= 4 is 87.1 Å². The van der Waals surface area contributed by atoms with Crippen LogP contribution in [0.25, 0.3) is 144 Å². The second-order valence-electron chi connectivity index (χ2n) is 16.8. The topological polar surface area (TPSA) is 77.8 Å². The lowest BCUT2D eigenvalue weighted by Crippen LogP contribution is -2.01. The number of furan rings is 2. The number of fused-ring (bicyclic) bond motifs is 12. The molecule has 0 fully saturated rings. The molecule has 14 aromatic rings. The second-order valence-corrected chi connectivity index (χ2v) is 16.8. The number of para-hydroxylation sites is 4. The van der Waals surface area contributed by atoms with Crippen LogP contribution in [-0.4, -0.2) is 19.9 Å². The summed E-state index contributed by atoms with van der Waals surface area (Å²) in [5.41, 5.74) is 10.8. The van der Waals surface area contributed by atoms with Gasteiger partial charge in [0, 0.05) is 71.1 Å². The van der Waals surface area contributed by atoms with E-state index in [1.54, 1.807) is 0 Å². The van der Waals surface area contributed by atoms with Crippen LogP contribution in [0.4, 0.5) is 0 Å². The second kappa shape index (κ2) is 14.3. The van der Waals surface area contributed by atoms with Gasteiger partial charge in [0.05, 0.1) is 11.2 Å². The molecule has 6 nitrogen and oxygen atoms in total. The first-order valence-corrected chi connectivity index (χ1v) is 22.1. The van der Waals surface area contributed by atoms with Gasteiger partial charge < -0.3 is 8.83 Å². The molecule has 66 heavy (non-hydrogen) atoms. The van der Waals surface area contributed by atoms with Crippen molar-refractivity contribution in [3.63, 3.8) is 0 Å². The normalized spacial score (nSPS) is 11.9. The van der Waals surface area contributed by atoms with E-state index in [0.717, 1.165) is 121 Å². The van der Waals surface area contributed by atoms with E-state index in [4.69, 9.17) is 28.8 Å². The third kappa shape index (κ3) is 5.55. The van der Waals surface area contributed by atoms with Gasteiger partial charge >= 0.3 is 0 Å². The highest BCUT2D eigenvalue weighted by Crippen LogP contribution is 2.49. The molecule has 0 amide bonds. The van der Waals surface area contributed by atoms with Crippen LogP contribution >= 0.6 is 0 Å². The van der Waals surface area contributed by atoms with Crippen molar-refractivity contribution < 1.29 is 8.83 Å². The number of nitrogens with zero attached hydrogens (tertiary/aromatic N) is 4. The van der Waals surface area contributed by atoms with Gasteiger partial charge in [0.25, 0.3) is 0 Å². The fraction of sp³-hybridized carbons (Fsp3) is 0. The Morgan fingerprint density at radius 2 is 0.894 bits per heavy atom. The van der Waals surface area contributed by atoms with Gasteiger partial charge in [-0.2, -0.15) is 0 Å². The number of pyridine rings is 1. The van der Waals surface area contributed by atoms with Crippen LogP contribution in [0.1, 0.15) is 0 Å². The molecule has 0 saturated heterocycles. The van der Waals surface area contributed by atoms with Crippen molar-refractivity contribution in [2.45, 2.75) is 0 Å². The van der Waals surface area contributed by atoms with Gasteiger partial charge in [0.1, 0.15) is 22.3 Å². The summed E-state index contributed by atoms with van der Waals surface area (Å²) in [5, 5.41) is 11.9. The third-order valence-corrected chi connectivity index (χ3v) is 13.1. The molecule has 0 unspecified atom stereocenters. The summed E-state index contributed by atoms with van der Waals surface area (Å²) in [6.07, 6.45) is 0. The van der Waals surface area contributed by atoms with Gasteiger partial charge in [-0.25, -0.2) is 19.9 Å². The third-order valence-electron chi connectivity index (χ3n) is 13.1. The summed E-state index contributed by atoms with van der Waals surface area (Å²) < 4.78 is 13.5. The molecule has 0 bridgehead atoms. The highest BCUT2D eigenvalue weighted by molar-refractivity contribution is 6.30. The number of hydrogen-bond acceptors (Lipinski definition) is 6. The van der Waals surface area contributed by atoms with Crippen molar-refractivity contribution in [3.05, 3.63) is 206 Å². The molecule has 0 aliphatic heterocycles. The molecule has 306 valence electrons. The Kier molecular flexibility index (Phi) is 7.88. The van der Waals surface area contributed by atoms with E-state index >= 15 is 0 Å². The molecule has 14 rings (SSSR count). The largest absolute Gasteiger partial charge is 0.456 e. The maximum atomic E-state index is 6.76. The molecule has 0 atom stereocenters. The van der Waals surface area contributed by atoms with Gasteiger partial charge in [0.2, 0.25) is 0 Å². The van der Waals surface area contributed by atoms with Crippen molar-refractivity contribution in [1.82, 2.24) is 19.9 Å². The van der Waals surface area contributed by atoms with Crippen LogP contribution in [-0.2, 0) is 0 Å². The Morgan fingerprint density at radius 3 is 1.70 bits per heavy atom. The lowest BCUT2D eigenvalue weighted by Gasteiger charge is -2.16. The molecule has 4 aromatic heterocycles. The number of rotatable bonds is 5. The summed E-state index contributed by atoms with van der Waals surface area (Å²) in [7, 11) is 0. The first-order valence-electron chi connectivity index (χ1n) is 22.1. The molecular weight excluding hydrogens is 809 g/mol. The lowest BCUT2D eigenvalue weighted by molar-refractivity contribution is 0.669. The Morgan fingerprint density at radius 1 is 0.303 bits per heavy atom. The fourth-order valence-corrected chi connectivity index (χ4v) is 10.1. The number of benzene rings is 10. The van der Waals surface area contributed by atoms with Gasteiger partial charge in [-0.3, -0.25) is 0 Å². The van der Waals surface area contributed by atoms with E-state index < -0.39 is 0 Å². The minimum atomic E-state index is 0.587. The molecule has 0 aliphatic rings. The SMILES string of the molecule is c1ccc(-c2nc(-c3ccc(-c4nc5ccccc5c5c(-c6cccc7c6oc6ccccc67)c6c(cc45)oc4ccccc46)cc3)nc(-c3cc4ccccc4c4ccccc34)n2)cc1. The predicted molar refractivity (Wildman–Crippen MR) is 269 cm³/mol. The zero-order chi connectivity index (χ0) is 43.3. The summed E-state index contributed by atoms with van der Waals surface area (Å²) in [6, 6.07) is 71.4. The maximum Gasteiger partial charge on any atom is 0.164 e.